The highest BCUT2D eigenvalue weighted by atomic mass is 16.2. The molecule has 138 valence electrons. The second kappa shape index (κ2) is 7.81. The number of pyridine rings is 1. The van der Waals surface area contributed by atoms with Crippen molar-refractivity contribution in [3.8, 4) is 11.4 Å². The summed E-state index contributed by atoms with van der Waals surface area (Å²) in [7, 11) is 4.00. The summed E-state index contributed by atoms with van der Waals surface area (Å²) in [6.45, 7) is 5.43. The van der Waals surface area contributed by atoms with E-state index >= 15 is 0 Å². The Hall–Kier alpha value is -2.50. The summed E-state index contributed by atoms with van der Waals surface area (Å²) in [4.78, 5) is 30.4. The van der Waals surface area contributed by atoms with Crippen LogP contribution in [0.2, 0.25) is 0 Å². The van der Waals surface area contributed by atoms with Crippen molar-refractivity contribution >= 4 is 11.7 Å². The van der Waals surface area contributed by atoms with Crippen LogP contribution in [0.15, 0.2) is 24.5 Å². The molecule has 2 aromatic heterocycles. The third kappa shape index (κ3) is 3.69. The van der Waals surface area contributed by atoms with E-state index in [0.717, 1.165) is 48.4 Å². The molecule has 1 aliphatic heterocycles. The smallest absolute Gasteiger partial charge is 0.225 e. The Morgan fingerprint density at radius 3 is 2.65 bits per heavy atom. The van der Waals surface area contributed by atoms with Gasteiger partial charge in [0.15, 0.2) is 5.82 Å². The van der Waals surface area contributed by atoms with E-state index < -0.39 is 0 Å². The van der Waals surface area contributed by atoms with Gasteiger partial charge in [0.25, 0.3) is 0 Å². The summed E-state index contributed by atoms with van der Waals surface area (Å²) in [6.07, 6.45) is 6.24. The van der Waals surface area contributed by atoms with Crippen LogP contribution in [0.3, 0.4) is 0 Å². The van der Waals surface area contributed by atoms with E-state index in [9.17, 15) is 4.79 Å². The highest BCUT2D eigenvalue weighted by Gasteiger charge is 2.28. The predicted octanol–water partition coefficient (Wildman–Crippen LogP) is 2.93. The summed E-state index contributed by atoms with van der Waals surface area (Å²) in [5, 5.41) is 0. The van der Waals surface area contributed by atoms with E-state index in [-0.39, 0.29) is 11.8 Å². The molecule has 0 fully saturated rings. The largest absolute Gasteiger partial charge is 0.362 e. The Labute approximate surface area is 155 Å². The van der Waals surface area contributed by atoms with Crippen molar-refractivity contribution in [2.45, 2.75) is 39.7 Å². The normalized spacial score (nSPS) is 14.7. The second-order valence-corrected chi connectivity index (χ2v) is 7.13. The fourth-order valence-corrected chi connectivity index (χ4v) is 3.47. The van der Waals surface area contributed by atoms with Crippen molar-refractivity contribution in [3.63, 3.8) is 0 Å². The lowest BCUT2D eigenvalue weighted by atomic mass is 10.00. The lowest BCUT2D eigenvalue weighted by molar-refractivity contribution is -0.136. The van der Waals surface area contributed by atoms with E-state index in [0.29, 0.717) is 12.4 Å². The van der Waals surface area contributed by atoms with E-state index in [2.05, 4.69) is 11.9 Å². The summed E-state index contributed by atoms with van der Waals surface area (Å²) >= 11 is 0. The molecule has 0 N–H and O–H groups in total. The van der Waals surface area contributed by atoms with Crippen molar-refractivity contribution in [3.05, 3.63) is 35.8 Å². The maximum Gasteiger partial charge on any atom is 0.225 e. The van der Waals surface area contributed by atoms with Crippen molar-refractivity contribution < 1.29 is 4.79 Å². The average Bonchev–Trinajstić information content (AvgIpc) is 2.66. The second-order valence-electron chi connectivity index (χ2n) is 7.13. The molecule has 1 amide bonds. The van der Waals surface area contributed by atoms with Gasteiger partial charge in [-0.15, -0.1) is 0 Å². The van der Waals surface area contributed by atoms with Crippen molar-refractivity contribution in [2.75, 3.05) is 25.5 Å². The zero-order valence-corrected chi connectivity index (χ0v) is 16.1. The van der Waals surface area contributed by atoms with Gasteiger partial charge in [-0.05, 0) is 25.0 Å². The van der Waals surface area contributed by atoms with Gasteiger partial charge in [0.1, 0.15) is 5.82 Å². The highest BCUT2D eigenvalue weighted by Crippen LogP contribution is 2.29. The van der Waals surface area contributed by atoms with Crippen LogP contribution in [0.25, 0.3) is 11.4 Å². The van der Waals surface area contributed by atoms with Gasteiger partial charge < -0.3 is 9.80 Å². The molecule has 1 unspecified atom stereocenters. The van der Waals surface area contributed by atoms with Crippen LogP contribution in [-0.2, 0) is 17.8 Å². The van der Waals surface area contributed by atoms with E-state index in [1.165, 1.54) is 0 Å². The Bertz CT molecular complexity index is 775. The lowest BCUT2D eigenvalue weighted by Gasteiger charge is -2.32. The maximum atomic E-state index is 12.7. The molecule has 2 aromatic rings. The summed E-state index contributed by atoms with van der Waals surface area (Å²) < 4.78 is 0. The van der Waals surface area contributed by atoms with E-state index in [1.54, 1.807) is 12.4 Å². The van der Waals surface area contributed by atoms with Gasteiger partial charge in [0.05, 0.1) is 12.2 Å². The Kier molecular flexibility index (Phi) is 5.49. The van der Waals surface area contributed by atoms with E-state index in [1.807, 2.05) is 43.0 Å². The fourth-order valence-electron chi connectivity index (χ4n) is 3.47. The number of carbonyl (C=O) groups excluding carboxylic acids is 1. The van der Waals surface area contributed by atoms with Gasteiger partial charge >= 0.3 is 0 Å². The third-order valence-corrected chi connectivity index (χ3v) is 4.86. The first-order valence-corrected chi connectivity index (χ1v) is 9.27. The maximum absolute atomic E-state index is 12.7. The minimum atomic E-state index is 0.0661. The Morgan fingerprint density at radius 1 is 1.27 bits per heavy atom. The molecular formula is C20H27N5O. The molecule has 0 bridgehead atoms. The molecule has 1 atom stereocenters. The third-order valence-electron chi connectivity index (χ3n) is 4.86. The molecule has 0 spiro atoms. The summed E-state index contributed by atoms with van der Waals surface area (Å²) in [5.41, 5.74) is 3.05. The molecule has 1 aliphatic rings. The average molecular weight is 353 g/mol. The van der Waals surface area contributed by atoms with Gasteiger partial charge in [-0.25, -0.2) is 9.97 Å². The molecule has 6 nitrogen and oxygen atoms in total. The molecule has 3 heterocycles. The molecule has 0 aromatic carbocycles. The van der Waals surface area contributed by atoms with Gasteiger partial charge in [-0.3, -0.25) is 9.78 Å². The molecule has 6 heteroatoms. The summed E-state index contributed by atoms with van der Waals surface area (Å²) in [5.74, 6) is 1.92. The van der Waals surface area contributed by atoms with Crippen molar-refractivity contribution in [2.24, 2.45) is 5.92 Å². The van der Waals surface area contributed by atoms with Crippen LogP contribution in [0, 0.1) is 5.92 Å². The fraction of sp³-hybridized carbons (Fsp3) is 0.500. The zero-order chi connectivity index (χ0) is 18.7. The van der Waals surface area contributed by atoms with Crippen molar-refractivity contribution in [1.29, 1.82) is 0 Å². The molecule has 0 saturated carbocycles. The number of hydrogen-bond donors (Lipinski definition) is 0. The number of fused-ring (bicyclic) bond motifs is 1. The van der Waals surface area contributed by atoms with Gasteiger partial charge in [0.2, 0.25) is 5.91 Å². The number of rotatable bonds is 5. The topological polar surface area (TPSA) is 62.2 Å². The number of carbonyl (C=O) groups is 1. The number of amides is 1. The monoisotopic (exact) mass is 353 g/mol. The highest BCUT2D eigenvalue weighted by molar-refractivity contribution is 5.79. The number of hydrogen-bond acceptors (Lipinski definition) is 5. The van der Waals surface area contributed by atoms with Gasteiger partial charge in [0, 0.05) is 50.1 Å². The molecule has 0 aliphatic carbocycles. The minimum absolute atomic E-state index is 0.0661. The minimum Gasteiger partial charge on any atom is -0.362 e. The molecule has 26 heavy (non-hydrogen) atoms. The van der Waals surface area contributed by atoms with Crippen molar-refractivity contribution in [1.82, 2.24) is 19.9 Å². The first-order valence-electron chi connectivity index (χ1n) is 9.27. The summed E-state index contributed by atoms with van der Waals surface area (Å²) in [6, 6.07) is 3.83. The predicted molar refractivity (Wildman–Crippen MR) is 103 cm³/mol. The number of aromatic nitrogens is 3. The van der Waals surface area contributed by atoms with Crippen LogP contribution in [0.4, 0.5) is 5.82 Å². The lowest BCUT2D eigenvalue weighted by Crippen LogP contribution is -2.40. The van der Waals surface area contributed by atoms with Crippen LogP contribution in [-0.4, -0.2) is 46.4 Å². The first kappa shape index (κ1) is 18.3. The van der Waals surface area contributed by atoms with Crippen LogP contribution < -0.4 is 4.90 Å². The zero-order valence-electron chi connectivity index (χ0n) is 16.1. The number of nitrogens with zero attached hydrogens (tertiary/aromatic N) is 5. The van der Waals surface area contributed by atoms with Gasteiger partial charge in [-0.1, -0.05) is 20.3 Å². The van der Waals surface area contributed by atoms with Crippen LogP contribution >= 0.6 is 0 Å². The van der Waals surface area contributed by atoms with E-state index in [4.69, 9.17) is 9.97 Å². The Morgan fingerprint density at radius 2 is 2.00 bits per heavy atom. The van der Waals surface area contributed by atoms with Crippen LogP contribution in [0.1, 0.15) is 37.9 Å². The molecular weight excluding hydrogens is 326 g/mol. The first-order chi connectivity index (χ1) is 12.5. The molecule has 3 rings (SSSR count). The molecule has 0 saturated heterocycles. The SMILES string of the molecule is CCCC(C)C(=O)N1CCc2c(nc(-c3ccncc3)nc2N(C)C)C1. The Balaban J connectivity index is 1.95. The van der Waals surface area contributed by atoms with Gasteiger partial charge in [-0.2, -0.15) is 0 Å². The standard InChI is InChI=1S/C20H27N5O/c1-5-6-14(2)20(26)25-12-9-16-17(13-25)22-18(23-19(16)24(3)4)15-7-10-21-11-8-15/h7-8,10-11,14H,5-6,9,12-13H2,1-4H3. The number of anilines is 1. The molecule has 0 radical (unpaired) electrons. The quantitative estimate of drug-likeness (QED) is 0.827. The van der Waals surface area contributed by atoms with Crippen LogP contribution in [0.5, 0.6) is 0 Å².